The monoisotopic (exact) mass is 369 g/mol. The maximum absolute atomic E-state index is 13.5. The minimum absolute atomic E-state index is 0.618. The molecule has 1 N–H and O–H groups in total. The summed E-state index contributed by atoms with van der Waals surface area (Å²) in [6.07, 6.45) is 2.32. The van der Waals surface area contributed by atoms with E-state index in [1.165, 1.54) is 32.0 Å². The first-order chi connectivity index (χ1) is 9.82. The van der Waals surface area contributed by atoms with Crippen molar-refractivity contribution in [1.29, 1.82) is 0 Å². The van der Waals surface area contributed by atoms with E-state index in [1.54, 1.807) is 0 Å². The number of nitrogens with zero attached hydrogens (tertiary/aromatic N) is 1. The molecular formula is C15H31NO5S2. The van der Waals surface area contributed by atoms with Crippen molar-refractivity contribution in [1.82, 2.24) is 4.31 Å². The van der Waals surface area contributed by atoms with Gasteiger partial charge in [-0.05, 0) is 74.7 Å². The predicted molar refractivity (Wildman–Crippen MR) is 92.5 cm³/mol. The number of sulfonamides is 1. The molecule has 23 heavy (non-hydrogen) atoms. The highest BCUT2D eigenvalue weighted by atomic mass is 32.2. The molecular weight excluding hydrogens is 338 g/mol. The molecule has 0 aromatic carbocycles. The van der Waals surface area contributed by atoms with Crippen LogP contribution in [0, 0.1) is 0 Å². The molecule has 0 atom stereocenters. The fourth-order valence-corrected chi connectivity index (χ4v) is 7.29. The summed E-state index contributed by atoms with van der Waals surface area (Å²) in [5.74, 6) is 0. The molecule has 0 aliphatic carbocycles. The SMILES string of the molecule is CC1(C)CCCC(C)(C)N1S(=O)(=O)C(C)(C)C(C)(C)S(=O)(=O)O. The summed E-state index contributed by atoms with van der Waals surface area (Å²) in [4.78, 5) is 0. The Morgan fingerprint density at radius 3 is 1.48 bits per heavy atom. The van der Waals surface area contributed by atoms with Crippen molar-refractivity contribution in [3.63, 3.8) is 0 Å². The van der Waals surface area contributed by atoms with E-state index in [4.69, 9.17) is 0 Å². The standard InChI is InChI=1S/C15H31NO5S2/c1-12(2)10-9-11-13(3,4)16(12)22(17,18)14(5,6)15(7,8)23(19,20)21/h9-11H2,1-8H3,(H,19,20,21). The summed E-state index contributed by atoms with van der Waals surface area (Å²) < 4.78 is 58.1. The van der Waals surface area contributed by atoms with Crippen molar-refractivity contribution in [3.8, 4) is 0 Å². The molecule has 1 heterocycles. The van der Waals surface area contributed by atoms with E-state index in [1.807, 2.05) is 27.7 Å². The Morgan fingerprint density at radius 2 is 1.17 bits per heavy atom. The van der Waals surface area contributed by atoms with Crippen molar-refractivity contribution in [2.24, 2.45) is 0 Å². The Labute approximate surface area is 141 Å². The maximum atomic E-state index is 13.5. The highest BCUT2D eigenvalue weighted by molar-refractivity contribution is 7.93. The Bertz CT molecular complexity index is 657. The van der Waals surface area contributed by atoms with E-state index in [9.17, 15) is 21.4 Å². The van der Waals surface area contributed by atoms with Gasteiger partial charge in [0.15, 0.2) is 0 Å². The van der Waals surface area contributed by atoms with Gasteiger partial charge in [0.25, 0.3) is 10.1 Å². The van der Waals surface area contributed by atoms with E-state index in [0.29, 0.717) is 12.8 Å². The lowest BCUT2D eigenvalue weighted by atomic mass is 9.83. The summed E-state index contributed by atoms with van der Waals surface area (Å²) in [6.45, 7) is 12.7. The van der Waals surface area contributed by atoms with Gasteiger partial charge in [-0.3, -0.25) is 4.55 Å². The second-order valence-corrected chi connectivity index (χ2v) is 13.1. The van der Waals surface area contributed by atoms with Crippen molar-refractivity contribution >= 4 is 20.1 Å². The molecule has 0 bridgehead atoms. The fraction of sp³-hybridized carbons (Fsp3) is 1.00. The zero-order chi connectivity index (χ0) is 18.7. The molecule has 1 rings (SSSR count). The van der Waals surface area contributed by atoms with Gasteiger partial charge in [-0.25, -0.2) is 8.42 Å². The molecule has 0 amide bonds. The molecule has 0 saturated carbocycles. The highest BCUT2D eigenvalue weighted by Gasteiger charge is 2.61. The summed E-state index contributed by atoms with van der Waals surface area (Å²) in [7, 11) is -8.59. The number of rotatable bonds is 4. The van der Waals surface area contributed by atoms with E-state index in [2.05, 4.69) is 0 Å². The molecule has 1 aliphatic heterocycles. The van der Waals surface area contributed by atoms with Crippen LogP contribution in [0.5, 0.6) is 0 Å². The smallest absolute Gasteiger partial charge is 0.271 e. The van der Waals surface area contributed by atoms with Crippen LogP contribution in [0.4, 0.5) is 0 Å². The molecule has 138 valence electrons. The largest absolute Gasteiger partial charge is 0.285 e. The zero-order valence-electron chi connectivity index (χ0n) is 15.5. The summed E-state index contributed by atoms with van der Waals surface area (Å²) in [5, 5.41) is 0. The van der Waals surface area contributed by atoms with Gasteiger partial charge in [-0.2, -0.15) is 12.7 Å². The van der Waals surface area contributed by atoms with Crippen molar-refractivity contribution in [2.75, 3.05) is 0 Å². The quantitative estimate of drug-likeness (QED) is 0.769. The van der Waals surface area contributed by atoms with Crippen LogP contribution >= 0.6 is 0 Å². The van der Waals surface area contributed by atoms with Crippen LogP contribution < -0.4 is 0 Å². The van der Waals surface area contributed by atoms with E-state index < -0.39 is 40.7 Å². The highest BCUT2D eigenvalue weighted by Crippen LogP contribution is 2.47. The van der Waals surface area contributed by atoms with E-state index in [-0.39, 0.29) is 0 Å². The van der Waals surface area contributed by atoms with Gasteiger partial charge >= 0.3 is 0 Å². The van der Waals surface area contributed by atoms with Crippen LogP contribution in [0.1, 0.15) is 74.7 Å². The molecule has 0 unspecified atom stereocenters. The second kappa shape index (κ2) is 5.41. The van der Waals surface area contributed by atoms with Gasteiger partial charge in [0, 0.05) is 11.1 Å². The first kappa shape index (κ1) is 20.9. The Kier molecular flexibility index (Phi) is 4.91. The van der Waals surface area contributed by atoms with Crippen LogP contribution in [0.2, 0.25) is 0 Å². The summed E-state index contributed by atoms with van der Waals surface area (Å²) >= 11 is 0. The summed E-state index contributed by atoms with van der Waals surface area (Å²) in [6, 6.07) is 0. The maximum Gasteiger partial charge on any atom is 0.271 e. The topological polar surface area (TPSA) is 91.8 Å². The van der Waals surface area contributed by atoms with Gasteiger partial charge < -0.3 is 0 Å². The minimum atomic E-state index is -4.56. The van der Waals surface area contributed by atoms with Gasteiger partial charge in [0.1, 0.15) is 9.49 Å². The molecule has 1 aliphatic rings. The van der Waals surface area contributed by atoms with Crippen LogP contribution in [-0.4, -0.2) is 46.3 Å². The van der Waals surface area contributed by atoms with Crippen molar-refractivity contribution in [2.45, 2.75) is 95.2 Å². The average molecular weight is 370 g/mol. The molecule has 0 spiro atoms. The fourth-order valence-electron chi connectivity index (χ4n) is 3.48. The Hall–Kier alpha value is -0.180. The summed E-state index contributed by atoms with van der Waals surface area (Å²) in [5.41, 5.74) is -1.24. The third-order valence-corrected chi connectivity index (χ3v) is 10.9. The molecule has 1 saturated heterocycles. The normalized spacial score (nSPS) is 23.7. The third kappa shape index (κ3) is 3.07. The van der Waals surface area contributed by atoms with Crippen LogP contribution in [0.3, 0.4) is 0 Å². The molecule has 0 radical (unpaired) electrons. The van der Waals surface area contributed by atoms with Gasteiger partial charge in [-0.1, -0.05) is 0 Å². The van der Waals surface area contributed by atoms with Gasteiger partial charge in [0.2, 0.25) is 10.0 Å². The minimum Gasteiger partial charge on any atom is -0.285 e. The van der Waals surface area contributed by atoms with Crippen molar-refractivity contribution < 1.29 is 21.4 Å². The lowest BCUT2D eigenvalue weighted by Crippen LogP contribution is -2.68. The molecule has 0 aromatic heterocycles. The predicted octanol–water partition coefficient (Wildman–Crippen LogP) is 2.80. The third-order valence-electron chi connectivity index (χ3n) is 5.66. The molecule has 1 fully saturated rings. The van der Waals surface area contributed by atoms with Gasteiger partial charge in [-0.15, -0.1) is 0 Å². The lowest BCUT2D eigenvalue weighted by Gasteiger charge is -2.55. The van der Waals surface area contributed by atoms with Gasteiger partial charge in [0.05, 0.1) is 0 Å². The van der Waals surface area contributed by atoms with E-state index >= 15 is 0 Å². The number of piperidine rings is 1. The van der Waals surface area contributed by atoms with Crippen LogP contribution in [0.15, 0.2) is 0 Å². The first-order valence-electron chi connectivity index (χ1n) is 7.84. The first-order valence-corrected chi connectivity index (χ1v) is 10.7. The van der Waals surface area contributed by atoms with Crippen molar-refractivity contribution in [3.05, 3.63) is 0 Å². The average Bonchev–Trinajstić information content (AvgIpc) is 2.23. The van der Waals surface area contributed by atoms with Crippen LogP contribution in [0.25, 0.3) is 0 Å². The van der Waals surface area contributed by atoms with Crippen LogP contribution in [-0.2, 0) is 20.1 Å². The second-order valence-electron chi connectivity index (χ2n) is 8.74. The molecule has 0 aromatic rings. The Morgan fingerprint density at radius 1 is 0.826 bits per heavy atom. The Balaban J connectivity index is 3.62. The zero-order valence-corrected chi connectivity index (χ0v) is 17.1. The number of hydrogen-bond acceptors (Lipinski definition) is 4. The molecule has 6 nitrogen and oxygen atoms in total. The number of hydrogen-bond donors (Lipinski definition) is 1. The lowest BCUT2D eigenvalue weighted by molar-refractivity contribution is 0.0523. The van der Waals surface area contributed by atoms with E-state index in [0.717, 1.165) is 6.42 Å². The molecule has 8 heteroatoms.